The highest BCUT2D eigenvalue weighted by atomic mass is 31.2. The SMILES string of the molecule is CCCC/C=C/CC/C=C/C(O)C(COP(=O)([O-])OCC[N+](C)(C)C)NC(=O)CCCCCCCCCCCCCCCCCCCCCCCCCCC/C=C\CCCCCCCCCC. The molecular weight excluding hydrogens is 852 g/mol. The highest BCUT2D eigenvalue weighted by molar-refractivity contribution is 7.45. The van der Waals surface area contributed by atoms with Crippen molar-refractivity contribution in [3.8, 4) is 0 Å². The summed E-state index contributed by atoms with van der Waals surface area (Å²) >= 11 is 0. The highest BCUT2D eigenvalue weighted by Gasteiger charge is 2.23. The Kier molecular flexibility index (Phi) is 48.7. The van der Waals surface area contributed by atoms with Crippen molar-refractivity contribution in [1.82, 2.24) is 5.32 Å². The van der Waals surface area contributed by atoms with Gasteiger partial charge in [0.2, 0.25) is 5.91 Å². The largest absolute Gasteiger partial charge is 0.756 e. The number of allylic oxidation sites excluding steroid dienone is 5. The maximum atomic E-state index is 12.9. The maximum Gasteiger partial charge on any atom is 0.268 e. The third-order valence-electron chi connectivity index (χ3n) is 13.1. The van der Waals surface area contributed by atoms with Gasteiger partial charge in [0.1, 0.15) is 13.2 Å². The molecule has 2 N–H and O–H groups in total. The number of rotatable bonds is 53. The second kappa shape index (κ2) is 49.7. The van der Waals surface area contributed by atoms with Gasteiger partial charge in [-0.05, 0) is 51.4 Å². The number of aliphatic hydroxyl groups is 1. The van der Waals surface area contributed by atoms with Crippen molar-refractivity contribution in [2.45, 2.75) is 289 Å². The lowest BCUT2D eigenvalue weighted by Gasteiger charge is -2.29. The lowest BCUT2D eigenvalue weighted by atomic mass is 10.0. The molecule has 0 heterocycles. The van der Waals surface area contributed by atoms with Gasteiger partial charge in [-0.25, -0.2) is 0 Å². The zero-order valence-electron chi connectivity index (χ0n) is 45.1. The standard InChI is InChI=1S/C58H113N2O6P/c1-6-8-10-12-14-16-17-18-19-20-21-22-23-24-25-26-27-28-29-30-31-32-33-34-35-36-37-38-39-40-41-42-43-44-46-48-50-52-58(62)59-56(55-66-67(63,64)65-54-53-60(3,4)5)57(61)51-49-47-45-15-13-11-9-7-2/h13,15,20-21,49,51,56-57,61H,6-12,14,16-19,22-48,50,52-55H2,1-5H3,(H-,59,62,63,64)/b15-13+,21-20-,51-49+. The van der Waals surface area contributed by atoms with E-state index >= 15 is 0 Å². The average molecular weight is 966 g/mol. The molecule has 396 valence electrons. The van der Waals surface area contributed by atoms with E-state index in [0.29, 0.717) is 17.4 Å². The van der Waals surface area contributed by atoms with Crippen LogP contribution < -0.4 is 10.2 Å². The summed E-state index contributed by atoms with van der Waals surface area (Å²) in [5.74, 6) is -0.207. The lowest BCUT2D eigenvalue weighted by molar-refractivity contribution is -0.870. The van der Waals surface area contributed by atoms with Crippen LogP contribution in [0.5, 0.6) is 0 Å². The normalized spacial score (nSPS) is 14.2. The molecule has 0 aromatic rings. The summed E-state index contributed by atoms with van der Waals surface area (Å²) in [5.41, 5.74) is 0. The highest BCUT2D eigenvalue weighted by Crippen LogP contribution is 2.38. The molecule has 0 aliphatic carbocycles. The van der Waals surface area contributed by atoms with Gasteiger partial charge < -0.3 is 28.8 Å². The van der Waals surface area contributed by atoms with Gasteiger partial charge in [0, 0.05) is 6.42 Å². The van der Waals surface area contributed by atoms with E-state index in [1.54, 1.807) is 6.08 Å². The van der Waals surface area contributed by atoms with Crippen LogP contribution >= 0.6 is 7.82 Å². The number of aliphatic hydroxyl groups excluding tert-OH is 1. The number of carbonyl (C=O) groups excluding carboxylic acids is 1. The minimum absolute atomic E-state index is 0.00541. The van der Waals surface area contributed by atoms with E-state index in [1.165, 1.54) is 218 Å². The summed E-state index contributed by atoms with van der Waals surface area (Å²) in [5, 5.41) is 13.7. The predicted molar refractivity (Wildman–Crippen MR) is 288 cm³/mol. The molecule has 3 unspecified atom stereocenters. The first-order valence-corrected chi connectivity index (χ1v) is 30.3. The molecule has 8 nitrogen and oxygen atoms in total. The van der Waals surface area contributed by atoms with E-state index in [1.807, 2.05) is 27.2 Å². The Hall–Kier alpha value is -1.28. The molecule has 0 aromatic heterocycles. The molecule has 1 amide bonds. The third kappa shape index (κ3) is 52.4. The number of hydrogen-bond acceptors (Lipinski definition) is 6. The molecule has 67 heavy (non-hydrogen) atoms. The zero-order chi connectivity index (χ0) is 49.2. The van der Waals surface area contributed by atoms with Gasteiger partial charge in [-0.2, -0.15) is 0 Å². The van der Waals surface area contributed by atoms with Crippen LogP contribution in [-0.2, 0) is 18.4 Å². The predicted octanol–water partition coefficient (Wildman–Crippen LogP) is 16.7. The van der Waals surface area contributed by atoms with Gasteiger partial charge in [0.25, 0.3) is 7.82 Å². The van der Waals surface area contributed by atoms with Gasteiger partial charge in [0.15, 0.2) is 0 Å². The van der Waals surface area contributed by atoms with Crippen molar-refractivity contribution in [3.63, 3.8) is 0 Å². The minimum atomic E-state index is -4.59. The molecule has 0 fully saturated rings. The Labute approximate surface area is 417 Å². The fourth-order valence-corrected chi connectivity index (χ4v) is 9.23. The van der Waals surface area contributed by atoms with E-state index in [0.717, 1.165) is 38.5 Å². The Morgan fingerprint density at radius 3 is 1.25 bits per heavy atom. The van der Waals surface area contributed by atoms with Crippen molar-refractivity contribution >= 4 is 13.7 Å². The minimum Gasteiger partial charge on any atom is -0.756 e. The van der Waals surface area contributed by atoms with Gasteiger partial charge in [-0.1, -0.05) is 256 Å². The summed E-state index contributed by atoms with van der Waals surface area (Å²) in [6.45, 7) is 4.56. The molecule has 9 heteroatoms. The summed E-state index contributed by atoms with van der Waals surface area (Å²) < 4.78 is 23.2. The molecule has 0 radical (unpaired) electrons. The van der Waals surface area contributed by atoms with Crippen molar-refractivity contribution in [2.24, 2.45) is 0 Å². The first-order chi connectivity index (χ1) is 32.5. The lowest BCUT2D eigenvalue weighted by Crippen LogP contribution is -2.45. The van der Waals surface area contributed by atoms with Gasteiger partial charge in [0.05, 0.1) is 39.9 Å². The number of amides is 1. The zero-order valence-corrected chi connectivity index (χ0v) is 46.0. The number of unbranched alkanes of at least 4 members (excludes halogenated alkanes) is 36. The Morgan fingerprint density at radius 2 is 0.851 bits per heavy atom. The smallest absolute Gasteiger partial charge is 0.268 e. The quantitative estimate of drug-likeness (QED) is 0.0272. The van der Waals surface area contributed by atoms with Crippen LogP contribution in [0.25, 0.3) is 0 Å². The molecule has 0 aromatic carbocycles. The molecule has 0 bridgehead atoms. The van der Waals surface area contributed by atoms with E-state index in [4.69, 9.17) is 9.05 Å². The number of nitrogens with one attached hydrogen (secondary N) is 1. The van der Waals surface area contributed by atoms with E-state index < -0.39 is 26.6 Å². The number of carbonyl (C=O) groups is 1. The van der Waals surface area contributed by atoms with Crippen molar-refractivity contribution in [1.29, 1.82) is 0 Å². The second-order valence-corrected chi connectivity index (χ2v) is 22.4. The summed E-state index contributed by atoms with van der Waals surface area (Å²) in [7, 11) is 1.25. The van der Waals surface area contributed by atoms with E-state index in [2.05, 4.69) is 43.5 Å². The Bertz CT molecular complexity index is 1190. The van der Waals surface area contributed by atoms with Crippen LogP contribution in [0.15, 0.2) is 36.5 Å². The summed E-state index contributed by atoms with van der Waals surface area (Å²) in [6, 6.07) is -0.898. The van der Waals surface area contributed by atoms with E-state index in [9.17, 15) is 19.4 Å². The first-order valence-electron chi connectivity index (χ1n) is 28.9. The monoisotopic (exact) mass is 965 g/mol. The van der Waals surface area contributed by atoms with Crippen molar-refractivity contribution in [3.05, 3.63) is 36.5 Å². The van der Waals surface area contributed by atoms with Crippen molar-refractivity contribution < 1.29 is 32.9 Å². The van der Waals surface area contributed by atoms with Gasteiger partial charge in [-0.15, -0.1) is 0 Å². The van der Waals surface area contributed by atoms with E-state index in [-0.39, 0.29) is 12.5 Å². The summed E-state index contributed by atoms with van der Waals surface area (Å²) in [6.07, 6.45) is 64.3. The van der Waals surface area contributed by atoms with Gasteiger partial charge >= 0.3 is 0 Å². The van der Waals surface area contributed by atoms with Crippen LogP contribution in [0.2, 0.25) is 0 Å². The summed E-state index contributed by atoms with van der Waals surface area (Å²) in [4.78, 5) is 25.3. The van der Waals surface area contributed by atoms with Gasteiger partial charge in [-0.3, -0.25) is 9.36 Å². The second-order valence-electron chi connectivity index (χ2n) is 21.0. The Morgan fingerprint density at radius 1 is 0.507 bits per heavy atom. The maximum absolute atomic E-state index is 12.9. The topological polar surface area (TPSA) is 108 Å². The molecule has 0 aliphatic heterocycles. The first kappa shape index (κ1) is 65.7. The van der Waals surface area contributed by atoms with Crippen LogP contribution in [0.3, 0.4) is 0 Å². The van der Waals surface area contributed by atoms with Crippen LogP contribution in [0, 0.1) is 0 Å². The number of likely N-dealkylation sites (N-methyl/N-ethyl adjacent to an activating group) is 1. The Balaban J connectivity index is 3.79. The van der Waals surface area contributed by atoms with Crippen LogP contribution in [0.1, 0.15) is 277 Å². The number of phosphoric ester groups is 1. The number of hydrogen-bond donors (Lipinski definition) is 2. The van der Waals surface area contributed by atoms with Crippen LogP contribution in [0.4, 0.5) is 0 Å². The molecule has 0 aliphatic rings. The number of nitrogens with zero attached hydrogens (tertiary/aromatic N) is 1. The fraction of sp³-hybridized carbons (Fsp3) is 0.879. The van der Waals surface area contributed by atoms with Crippen molar-refractivity contribution in [2.75, 3.05) is 40.9 Å². The number of quaternary nitrogens is 1. The number of phosphoric acid groups is 1. The molecule has 0 spiro atoms. The average Bonchev–Trinajstić information content (AvgIpc) is 3.29. The molecule has 3 atom stereocenters. The molecule has 0 rings (SSSR count). The third-order valence-corrected chi connectivity index (χ3v) is 14.0. The fourth-order valence-electron chi connectivity index (χ4n) is 8.51. The molecular formula is C58H113N2O6P. The van der Waals surface area contributed by atoms with Crippen LogP contribution in [-0.4, -0.2) is 68.5 Å². The molecule has 0 saturated carbocycles. The molecule has 0 saturated heterocycles.